The van der Waals surface area contributed by atoms with E-state index < -0.39 is 0 Å². The number of hydrogen-bond donors (Lipinski definition) is 2. The van der Waals surface area contributed by atoms with Crippen molar-refractivity contribution >= 4 is 18.3 Å². The molecule has 0 aliphatic rings. The van der Waals surface area contributed by atoms with E-state index in [2.05, 4.69) is 17.6 Å². The normalized spacial score (nSPS) is 10.0. The van der Waals surface area contributed by atoms with Crippen LogP contribution in [0.25, 0.3) is 0 Å². The molecule has 0 spiro atoms. The first-order chi connectivity index (χ1) is 9.15. The van der Waals surface area contributed by atoms with Crippen molar-refractivity contribution in [1.82, 2.24) is 10.6 Å². The Hall–Kier alpha value is -1.26. The molecule has 2 N–H and O–H groups in total. The lowest BCUT2D eigenvalue weighted by Crippen LogP contribution is -2.32. The molecule has 0 saturated carbocycles. The molecule has 0 aliphatic carbocycles. The summed E-state index contributed by atoms with van der Waals surface area (Å²) in [5.74, 6) is 0.547. The van der Waals surface area contributed by atoms with Crippen LogP contribution in [-0.2, 0) is 0 Å². The van der Waals surface area contributed by atoms with Crippen molar-refractivity contribution in [2.24, 2.45) is 0 Å². The van der Waals surface area contributed by atoms with E-state index >= 15 is 0 Å². The van der Waals surface area contributed by atoms with Crippen LogP contribution in [0, 0.1) is 0 Å². The average Bonchev–Trinajstić information content (AvgIpc) is 2.38. The third-order valence-corrected chi connectivity index (χ3v) is 2.51. The molecular weight excluding hydrogens is 276 g/mol. The number of halogens is 1. The van der Waals surface area contributed by atoms with Gasteiger partial charge in [0.1, 0.15) is 5.75 Å². The monoisotopic (exact) mass is 300 g/mol. The van der Waals surface area contributed by atoms with E-state index in [9.17, 15) is 4.79 Å². The molecule has 0 fully saturated rings. The standard InChI is InChI=1S/C15H24N2O2.ClH/c1-4-9-16-10-11-17-15(18)13-7-5-6-8-14(13)19-12(2)3;/h5-8,12,16H,4,9-11H2,1-3H3,(H,17,18);1H. The van der Waals surface area contributed by atoms with Gasteiger partial charge in [0.05, 0.1) is 11.7 Å². The molecule has 0 aromatic heterocycles. The van der Waals surface area contributed by atoms with E-state index in [4.69, 9.17) is 4.74 Å². The quantitative estimate of drug-likeness (QED) is 0.726. The van der Waals surface area contributed by atoms with Crippen molar-refractivity contribution < 1.29 is 9.53 Å². The summed E-state index contributed by atoms with van der Waals surface area (Å²) in [6.45, 7) is 8.39. The van der Waals surface area contributed by atoms with Gasteiger partial charge in [-0.1, -0.05) is 19.1 Å². The molecule has 20 heavy (non-hydrogen) atoms. The van der Waals surface area contributed by atoms with E-state index in [1.807, 2.05) is 32.0 Å². The molecule has 1 amide bonds. The van der Waals surface area contributed by atoms with Crippen molar-refractivity contribution in [3.8, 4) is 5.75 Å². The minimum Gasteiger partial charge on any atom is -0.490 e. The van der Waals surface area contributed by atoms with Crippen LogP contribution in [-0.4, -0.2) is 31.6 Å². The lowest BCUT2D eigenvalue weighted by Gasteiger charge is -2.14. The largest absolute Gasteiger partial charge is 0.490 e. The predicted molar refractivity (Wildman–Crippen MR) is 84.9 cm³/mol. The maximum Gasteiger partial charge on any atom is 0.255 e. The van der Waals surface area contributed by atoms with E-state index in [0.29, 0.717) is 17.9 Å². The molecule has 4 nitrogen and oxygen atoms in total. The van der Waals surface area contributed by atoms with Crippen LogP contribution in [0.1, 0.15) is 37.6 Å². The van der Waals surface area contributed by atoms with Crippen LogP contribution in [0.2, 0.25) is 0 Å². The van der Waals surface area contributed by atoms with Crippen LogP contribution >= 0.6 is 12.4 Å². The predicted octanol–water partition coefficient (Wildman–Crippen LogP) is 2.63. The van der Waals surface area contributed by atoms with Crippen LogP contribution < -0.4 is 15.4 Å². The summed E-state index contributed by atoms with van der Waals surface area (Å²) in [7, 11) is 0. The van der Waals surface area contributed by atoms with Gasteiger partial charge in [0, 0.05) is 13.1 Å². The fourth-order valence-electron chi connectivity index (χ4n) is 1.67. The van der Waals surface area contributed by atoms with Gasteiger partial charge in [0.25, 0.3) is 5.91 Å². The number of amides is 1. The lowest BCUT2D eigenvalue weighted by atomic mass is 10.2. The second-order valence-corrected chi connectivity index (χ2v) is 4.67. The SMILES string of the molecule is CCCNCCNC(=O)c1ccccc1OC(C)C.Cl. The highest BCUT2D eigenvalue weighted by molar-refractivity contribution is 5.96. The maximum atomic E-state index is 12.1. The molecule has 0 unspecified atom stereocenters. The Kier molecular flexibility index (Phi) is 9.86. The molecule has 0 saturated heterocycles. The zero-order valence-electron chi connectivity index (χ0n) is 12.4. The second-order valence-electron chi connectivity index (χ2n) is 4.67. The molecule has 0 radical (unpaired) electrons. The summed E-state index contributed by atoms with van der Waals surface area (Å²) in [4.78, 5) is 12.1. The molecule has 5 heteroatoms. The molecule has 0 heterocycles. The van der Waals surface area contributed by atoms with E-state index in [0.717, 1.165) is 19.5 Å². The van der Waals surface area contributed by atoms with Gasteiger partial charge in [0.15, 0.2) is 0 Å². The highest BCUT2D eigenvalue weighted by Crippen LogP contribution is 2.18. The van der Waals surface area contributed by atoms with Gasteiger partial charge < -0.3 is 15.4 Å². The number of hydrogen-bond acceptors (Lipinski definition) is 3. The van der Waals surface area contributed by atoms with Crippen LogP contribution in [0.3, 0.4) is 0 Å². The van der Waals surface area contributed by atoms with Gasteiger partial charge in [0.2, 0.25) is 0 Å². The Bertz CT molecular complexity index is 397. The topological polar surface area (TPSA) is 50.4 Å². The molecule has 1 rings (SSSR count). The summed E-state index contributed by atoms with van der Waals surface area (Å²) in [5, 5.41) is 6.13. The summed E-state index contributed by atoms with van der Waals surface area (Å²) in [5.41, 5.74) is 0.590. The molecule has 1 aromatic rings. The smallest absolute Gasteiger partial charge is 0.255 e. The fourth-order valence-corrected chi connectivity index (χ4v) is 1.67. The van der Waals surface area contributed by atoms with Gasteiger partial charge in [-0.05, 0) is 38.9 Å². The van der Waals surface area contributed by atoms with E-state index in [1.54, 1.807) is 6.07 Å². The van der Waals surface area contributed by atoms with Crippen LogP contribution in [0.5, 0.6) is 5.75 Å². The molecule has 0 atom stereocenters. The van der Waals surface area contributed by atoms with Crippen molar-refractivity contribution in [3.63, 3.8) is 0 Å². The first kappa shape index (κ1) is 18.7. The molecule has 0 bridgehead atoms. The Morgan fingerprint density at radius 2 is 1.90 bits per heavy atom. The minimum absolute atomic E-state index is 0. The Balaban J connectivity index is 0.00000361. The number of ether oxygens (including phenoxy) is 1. The minimum atomic E-state index is -0.0884. The number of para-hydroxylation sites is 1. The highest BCUT2D eigenvalue weighted by atomic mass is 35.5. The lowest BCUT2D eigenvalue weighted by molar-refractivity contribution is 0.0948. The number of carbonyl (C=O) groups excluding carboxylic acids is 1. The molecule has 0 aliphatic heterocycles. The average molecular weight is 301 g/mol. The third kappa shape index (κ3) is 6.78. The van der Waals surface area contributed by atoms with Crippen LogP contribution in [0.4, 0.5) is 0 Å². The molecule has 1 aromatic carbocycles. The van der Waals surface area contributed by atoms with Gasteiger partial charge in [-0.3, -0.25) is 4.79 Å². The maximum absolute atomic E-state index is 12.1. The van der Waals surface area contributed by atoms with Crippen molar-refractivity contribution in [1.29, 1.82) is 0 Å². The summed E-state index contributed by atoms with van der Waals surface area (Å²) in [6.07, 6.45) is 1.15. The number of carbonyl (C=O) groups is 1. The zero-order chi connectivity index (χ0) is 14.1. The second kappa shape index (κ2) is 10.5. The van der Waals surface area contributed by atoms with Crippen molar-refractivity contribution in [2.75, 3.05) is 19.6 Å². The van der Waals surface area contributed by atoms with E-state index in [1.165, 1.54) is 0 Å². The summed E-state index contributed by atoms with van der Waals surface area (Å²) >= 11 is 0. The Morgan fingerprint density at radius 3 is 2.55 bits per heavy atom. The first-order valence-corrected chi connectivity index (χ1v) is 6.89. The first-order valence-electron chi connectivity index (χ1n) is 6.89. The summed E-state index contributed by atoms with van der Waals surface area (Å²) in [6, 6.07) is 7.32. The van der Waals surface area contributed by atoms with E-state index in [-0.39, 0.29) is 24.4 Å². The molecule has 114 valence electrons. The Morgan fingerprint density at radius 1 is 1.20 bits per heavy atom. The van der Waals surface area contributed by atoms with Gasteiger partial charge in [-0.25, -0.2) is 0 Å². The number of benzene rings is 1. The van der Waals surface area contributed by atoms with Crippen molar-refractivity contribution in [2.45, 2.75) is 33.3 Å². The van der Waals surface area contributed by atoms with Crippen LogP contribution in [0.15, 0.2) is 24.3 Å². The summed E-state index contributed by atoms with van der Waals surface area (Å²) < 4.78 is 5.63. The molecular formula is C15H25ClN2O2. The van der Waals surface area contributed by atoms with Crippen molar-refractivity contribution in [3.05, 3.63) is 29.8 Å². The third-order valence-electron chi connectivity index (χ3n) is 2.51. The highest BCUT2D eigenvalue weighted by Gasteiger charge is 2.12. The number of rotatable bonds is 8. The zero-order valence-corrected chi connectivity index (χ0v) is 13.3. The fraction of sp³-hybridized carbons (Fsp3) is 0.533. The van der Waals surface area contributed by atoms with Gasteiger partial charge in [-0.2, -0.15) is 0 Å². The number of nitrogens with one attached hydrogen (secondary N) is 2. The Labute approximate surface area is 127 Å². The van der Waals surface area contributed by atoms with Gasteiger partial charge >= 0.3 is 0 Å². The van der Waals surface area contributed by atoms with Gasteiger partial charge in [-0.15, -0.1) is 12.4 Å².